The van der Waals surface area contributed by atoms with E-state index in [4.69, 9.17) is 16.3 Å². The average Bonchev–Trinajstić information content (AvgIpc) is 3.17. The molecule has 2 N–H and O–H groups in total. The molecular weight excluding hydrogens is 412 g/mol. The molecule has 1 heterocycles. The number of non-ortho nitro benzene ring substituents is 1. The molecule has 7 nitrogen and oxygen atoms in total. The lowest BCUT2D eigenvalue weighted by Gasteiger charge is -2.12. The molecule has 1 amide bonds. The third kappa shape index (κ3) is 5.31. The molecule has 0 aliphatic carbocycles. The molecule has 1 saturated heterocycles. The van der Waals surface area contributed by atoms with Gasteiger partial charge in [0.25, 0.3) is 5.69 Å². The molecule has 2 aromatic carbocycles. The van der Waals surface area contributed by atoms with Crippen LogP contribution in [-0.4, -0.2) is 23.9 Å². The Labute approximate surface area is 171 Å². The predicted octanol–water partition coefficient (Wildman–Crippen LogP) is 3.83. The van der Waals surface area contributed by atoms with Gasteiger partial charge in [-0.3, -0.25) is 14.9 Å². The maximum atomic E-state index is 14.3. The zero-order valence-corrected chi connectivity index (χ0v) is 16.2. The summed E-state index contributed by atoms with van der Waals surface area (Å²) >= 11 is 5.95. The highest BCUT2D eigenvalue weighted by Crippen LogP contribution is 2.33. The van der Waals surface area contributed by atoms with Gasteiger partial charge in [0.15, 0.2) is 11.6 Å². The van der Waals surface area contributed by atoms with Gasteiger partial charge >= 0.3 is 0 Å². The van der Waals surface area contributed by atoms with Gasteiger partial charge in [0, 0.05) is 25.2 Å². The number of hydrogen-bond donors (Lipinski definition) is 2. The SMILES string of the molecule is Cl.O=C(NCc1ccc(Oc2ccc([N+](=O)[O-])cc2Cl)c(F)c1)C1CCNC1. The fourth-order valence-corrected chi connectivity index (χ4v) is 2.97. The van der Waals surface area contributed by atoms with Gasteiger partial charge in [-0.2, -0.15) is 0 Å². The zero-order valence-electron chi connectivity index (χ0n) is 14.6. The quantitative estimate of drug-likeness (QED) is 0.537. The van der Waals surface area contributed by atoms with E-state index in [-0.39, 0.29) is 53.0 Å². The first-order valence-corrected chi connectivity index (χ1v) is 8.70. The van der Waals surface area contributed by atoms with Gasteiger partial charge in [-0.05, 0) is 36.7 Å². The average molecular weight is 430 g/mol. The molecule has 0 bridgehead atoms. The first-order chi connectivity index (χ1) is 12.9. The van der Waals surface area contributed by atoms with Crippen LogP contribution in [0.3, 0.4) is 0 Å². The third-order valence-electron chi connectivity index (χ3n) is 4.24. The van der Waals surface area contributed by atoms with E-state index >= 15 is 0 Å². The topological polar surface area (TPSA) is 93.5 Å². The van der Waals surface area contributed by atoms with Crippen molar-refractivity contribution in [2.45, 2.75) is 13.0 Å². The van der Waals surface area contributed by atoms with Crippen LogP contribution in [0.4, 0.5) is 10.1 Å². The molecule has 1 aliphatic heterocycles. The molecule has 0 aromatic heterocycles. The van der Waals surface area contributed by atoms with Gasteiger partial charge in [0.1, 0.15) is 5.75 Å². The number of nitrogens with zero attached hydrogens (tertiary/aromatic N) is 1. The summed E-state index contributed by atoms with van der Waals surface area (Å²) in [4.78, 5) is 22.1. The highest BCUT2D eigenvalue weighted by Gasteiger charge is 2.22. The fourth-order valence-electron chi connectivity index (χ4n) is 2.75. The van der Waals surface area contributed by atoms with Crippen LogP contribution >= 0.6 is 24.0 Å². The summed E-state index contributed by atoms with van der Waals surface area (Å²) in [7, 11) is 0. The highest BCUT2D eigenvalue weighted by molar-refractivity contribution is 6.32. The number of nitro groups is 1. The monoisotopic (exact) mass is 429 g/mol. The normalized spacial score (nSPS) is 15.6. The lowest BCUT2D eigenvalue weighted by Crippen LogP contribution is -2.31. The van der Waals surface area contributed by atoms with Crippen molar-refractivity contribution in [1.29, 1.82) is 0 Å². The summed E-state index contributed by atoms with van der Waals surface area (Å²) in [6.45, 7) is 1.69. The number of amides is 1. The third-order valence-corrected chi connectivity index (χ3v) is 4.54. The van der Waals surface area contributed by atoms with Crippen LogP contribution in [0.25, 0.3) is 0 Å². The van der Waals surface area contributed by atoms with Crippen molar-refractivity contribution < 1.29 is 18.8 Å². The van der Waals surface area contributed by atoms with Crippen molar-refractivity contribution in [3.63, 3.8) is 0 Å². The van der Waals surface area contributed by atoms with E-state index in [9.17, 15) is 19.3 Å². The van der Waals surface area contributed by atoms with Crippen LogP contribution in [-0.2, 0) is 11.3 Å². The van der Waals surface area contributed by atoms with Gasteiger partial charge in [0.05, 0.1) is 15.9 Å². The van der Waals surface area contributed by atoms with E-state index in [2.05, 4.69) is 10.6 Å². The van der Waals surface area contributed by atoms with E-state index in [1.54, 1.807) is 6.07 Å². The van der Waals surface area contributed by atoms with Crippen molar-refractivity contribution >= 4 is 35.6 Å². The molecule has 28 heavy (non-hydrogen) atoms. The molecule has 10 heteroatoms. The second-order valence-electron chi connectivity index (χ2n) is 6.15. The van der Waals surface area contributed by atoms with E-state index in [0.717, 1.165) is 19.0 Å². The van der Waals surface area contributed by atoms with Crippen LogP contribution in [0.5, 0.6) is 11.5 Å². The van der Waals surface area contributed by atoms with E-state index < -0.39 is 10.7 Å². The second-order valence-corrected chi connectivity index (χ2v) is 6.55. The Bertz CT molecular complexity index is 876. The summed E-state index contributed by atoms with van der Waals surface area (Å²) in [5.41, 5.74) is 0.408. The van der Waals surface area contributed by atoms with Crippen LogP contribution in [0.15, 0.2) is 36.4 Å². The first kappa shape index (κ1) is 21.9. The van der Waals surface area contributed by atoms with Gasteiger partial charge in [0.2, 0.25) is 5.91 Å². The molecule has 150 valence electrons. The number of halogens is 3. The maximum Gasteiger partial charge on any atom is 0.271 e. The Morgan fingerprint density at radius 3 is 2.68 bits per heavy atom. The van der Waals surface area contributed by atoms with Gasteiger partial charge in [-0.1, -0.05) is 17.7 Å². The van der Waals surface area contributed by atoms with Gasteiger partial charge in [-0.25, -0.2) is 4.39 Å². The van der Waals surface area contributed by atoms with Crippen molar-refractivity contribution in [2.75, 3.05) is 13.1 Å². The van der Waals surface area contributed by atoms with Crippen LogP contribution in [0.2, 0.25) is 5.02 Å². The fraction of sp³-hybridized carbons (Fsp3) is 0.278. The lowest BCUT2D eigenvalue weighted by atomic mass is 10.1. The van der Waals surface area contributed by atoms with Crippen LogP contribution < -0.4 is 15.4 Å². The molecule has 1 fully saturated rings. The van der Waals surface area contributed by atoms with Crippen LogP contribution in [0.1, 0.15) is 12.0 Å². The highest BCUT2D eigenvalue weighted by atomic mass is 35.5. The molecule has 2 aromatic rings. The minimum absolute atomic E-state index is 0. The number of ether oxygens (including phenoxy) is 1. The zero-order chi connectivity index (χ0) is 19.4. The number of carbonyl (C=O) groups is 1. The van der Waals surface area contributed by atoms with Crippen molar-refractivity contribution in [3.8, 4) is 11.5 Å². The largest absolute Gasteiger partial charge is 0.453 e. The molecule has 1 atom stereocenters. The number of nitrogens with one attached hydrogen (secondary N) is 2. The molecule has 0 radical (unpaired) electrons. The standard InChI is InChI=1S/C18H17ClFN3O4.ClH/c19-14-8-13(23(25)26)2-4-16(14)27-17-3-1-11(7-15(17)20)9-22-18(24)12-5-6-21-10-12;/h1-4,7-8,12,21H,5-6,9-10H2,(H,22,24);1H. The first-order valence-electron chi connectivity index (χ1n) is 8.32. The Morgan fingerprint density at radius 2 is 2.07 bits per heavy atom. The van der Waals surface area contributed by atoms with Crippen molar-refractivity contribution in [2.24, 2.45) is 5.92 Å². The Morgan fingerprint density at radius 1 is 1.32 bits per heavy atom. The summed E-state index contributed by atoms with van der Waals surface area (Å²) < 4.78 is 19.7. The summed E-state index contributed by atoms with van der Waals surface area (Å²) in [5, 5.41) is 16.6. The minimum atomic E-state index is -0.626. The molecular formula is C18H18Cl2FN3O4. The molecule has 1 unspecified atom stereocenters. The van der Waals surface area contributed by atoms with Gasteiger partial charge < -0.3 is 15.4 Å². The predicted molar refractivity (Wildman–Crippen MR) is 105 cm³/mol. The summed E-state index contributed by atoms with van der Waals surface area (Å²) in [6.07, 6.45) is 0.795. The van der Waals surface area contributed by atoms with Crippen molar-refractivity contribution in [1.82, 2.24) is 10.6 Å². The molecule has 1 aliphatic rings. The van der Waals surface area contributed by atoms with Gasteiger partial charge in [-0.15, -0.1) is 12.4 Å². The Balaban J connectivity index is 0.00000280. The Kier molecular flexibility index (Phi) is 7.56. The Hall–Kier alpha value is -2.42. The smallest absolute Gasteiger partial charge is 0.271 e. The number of benzene rings is 2. The second kappa shape index (κ2) is 9.68. The number of nitro benzene ring substituents is 1. The van der Waals surface area contributed by atoms with E-state index in [0.29, 0.717) is 12.1 Å². The number of carbonyl (C=O) groups excluding carboxylic acids is 1. The molecule has 3 rings (SSSR count). The number of hydrogen-bond acceptors (Lipinski definition) is 5. The lowest BCUT2D eigenvalue weighted by molar-refractivity contribution is -0.384. The summed E-state index contributed by atoms with van der Waals surface area (Å²) in [6, 6.07) is 7.99. The molecule has 0 saturated carbocycles. The minimum Gasteiger partial charge on any atom is -0.453 e. The van der Waals surface area contributed by atoms with E-state index in [1.807, 2.05) is 0 Å². The van der Waals surface area contributed by atoms with Crippen LogP contribution in [0, 0.1) is 21.8 Å². The summed E-state index contributed by atoms with van der Waals surface area (Å²) in [5.74, 6) is -0.699. The number of rotatable bonds is 6. The molecule has 0 spiro atoms. The van der Waals surface area contributed by atoms with Crippen molar-refractivity contribution in [3.05, 3.63) is 62.9 Å². The maximum absolute atomic E-state index is 14.3. The van der Waals surface area contributed by atoms with E-state index in [1.165, 1.54) is 24.3 Å².